The second-order valence-corrected chi connectivity index (χ2v) is 5.61. The van der Waals surface area contributed by atoms with Crippen LogP contribution in [-0.4, -0.2) is 41.4 Å². The van der Waals surface area contributed by atoms with Crippen LogP contribution in [0, 0.1) is 0 Å². The molecule has 0 fully saturated rings. The molecule has 0 radical (unpaired) electrons. The topological polar surface area (TPSA) is 97.8 Å². The van der Waals surface area contributed by atoms with Crippen LogP contribution >= 0.6 is 0 Å². The van der Waals surface area contributed by atoms with Crippen LogP contribution in [0.4, 0.5) is 18.9 Å². The smallest absolute Gasteiger partial charge is 0.422 e. The summed E-state index contributed by atoms with van der Waals surface area (Å²) >= 11 is 0. The maximum Gasteiger partial charge on any atom is 0.422 e. The number of nitrogens with one attached hydrogen (secondary N) is 1. The Hall–Kier alpha value is -3.30. The molecule has 2 rings (SSSR count). The Kier molecular flexibility index (Phi) is 7.19. The van der Waals surface area contributed by atoms with E-state index in [4.69, 9.17) is 9.84 Å². The second-order valence-electron chi connectivity index (χ2n) is 5.61. The zero-order chi connectivity index (χ0) is 20.6. The highest BCUT2D eigenvalue weighted by Gasteiger charge is 2.28. The van der Waals surface area contributed by atoms with Gasteiger partial charge in [-0.15, -0.1) is 0 Å². The summed E-state index contributed by atoms with van der Waals surface area (Å²) < 4.78 is 46.1. The van der Waals surface area contributed by atoms with E-state index in [9.17, 15) is 22.8 Å². The average molecular weight is 398 g/mol. The molecule has 0 spiro atoms. The fourth-order valence-corrected chi connectivity index (χ4v) is 2.01. The molecule has 10 heteroatoms. The van der Waals surface area contributed by atoms with Crippen LogP contribution < -0.4 is 14.8 Å². The quantitative estimate of drug-likeness (QED) is 0.628. The van der Waals surface area contributed by atoms with Gasteiger partial charge in [0.1, 0.15) is 5.75 Å². The number of halogens is 3. The summed E-state index contributed by atoms with van der Waals surface area (Å²) in [6.45, 7) is -1.21. The number of rotatable bonds is 9. The molecule has 0 saturated carbocycles. The number of nitrogens with zero attached hydrogens (tertiary/aromatic N) is 1. The van der Waals surface area contributed by atoms with Crippen molar-refractivity contribution in [1.82, 2.24) is 4.98 Å². The van der Waals surface area contributed by atoms with Crippen LogP contribution in [0.2, 0.25) is 0 Å². The number of carboxylic acid groups (broad SMARTS) is 1. The summed E-state index contributed by atoms with van der Waals surface area (Å²) in [5.41, 5.74) is 0.619. The number of aliphatic carboxylic acids is 1. The molecule has 7 nitrogen and oxygen atoms in total. The SMILES string of the molecule is O=C(O)CCCOc1ccc(NC(=O)c2ccc(OCC(F)(F)F)nc2)cc1. The van der Waals surface area contributed by atoms with E-state index in [0.29, 0.717) is 17.9 Å². The zero-order valence-corrected chi connectivity index (χ0v) is 14.5. The molecule has 0 aliphatic carbocycles. The van der Waals surface area contributed by atoms with Gasteiger partial charge in [-0.1, -0.05) is 0 Å². The van der Waals surface area contributed by atoms with Crippen molar-refractivity contribution in [2.24, 2.45) is 0 Å². The van der Waals surface area contributed by atoms with Crippen molar-refractivity contribution < 1.29 is 37.3 Å². The highest BCUT2D eigenvalue weighted by Crippen LogP contribution is 2.19. The number of hydrogen-bond donors (Lipinski definition) is 2. The Morgan fingerprint density at radius 1 is 1.07 bits per heavy atom. The summed E-state index contributed by atoms with van der Waals surface area (Å²) in [5, 5.41) is 11.2. The number of benzene rings is 1. The van der Waals surface area contributed by atoms with Crippen LogP contribution in [0.25, 0.3) is 0 Å². The van der Waals surface area contributed by atoms with Gasteiger partial charge in [0, 0.05) is 24.4 Å². The molecule has 28 heavy (non-hydrogen) atoms. The molecule has 1 aromatic carbocycles. The van der Waals surface area contributed by atoms with Crippen molar-refractivity contribution in [2.45, 2.75) is 19.0 Å². The highest BCUT2D eigenvalue weighted by molar-refractivity contribution is 6.04. The first-order chi connectivity index (χ1) is 13.2. The third kappa shape index (κ3) is 7.52. The first kappa shape index (κ1) is 21.0. The number of carbonyl (C=O) groups excluding carboxylic acids is 1. The van der Waals surface area contributed by atoms with Gasteiger partial charge in [0.05, 0.1) is 12.2 Å². The fourth-order valence-electron chi connectivity index (χ4n) is 2.01. The van der Waals surface area contributed by atoms with E-state index in [1.54, 1.807) is 24.3 Å². The molecule has 1 heterocycles. The van der Waals surface area contributed by atoms with Gasteiger partial charge < -0.3 is 19.9 Å². The van der Waals surface area contributed by atoms with Crippen LogP contribution in [0.1, 0.15) is 23.2 Å². The lowest BCUT2D eigenvalue weighted by atomic mass is 10.2. The number of amides is 1. The van der Waals surface area contributed by atoms with Gasteiger partial charge in [0.25, 0.3) is 5.91 Å². The van der Waals surface area contributed by atoms with Crippen LogP contribution in [0.5, 0.6) is 11.6 Å². The number of aromatic nitrogens is 1. The van der Waals surface area contributed by atoms with Gasteiger partial charge >= 0.3 is 12.1 Å². The van der Waals surface area contributed by atoms with Gasteiger partial charge in [0.15, 0.2) is 6.61 Å². The van der Waals surface area contributed by atoms with Gasteiger partial charge in [-0.2, -0.15) is 13.2 Å². The van der Waals surface area contributed by atoms with E-state index >= 15 is 0 Å². The van der Waals surface area contributed by atoms with E-state index in [0.717, 1.165) is 6.20 Å². The van der Waals surface area contributed by atoms with Crippen molar-refractivity contribution in [2.75, 3.05) is 18.5 Å². The number of carboxylic acids is 1. The molecule has 0 saturated heterocycles. The molecule has 0 atom stereocenters. The summed E-state index contributed by atoms with van der Waals surface area (Å²) in [4.78, 5) is 26.2. The largest absolute Gasteiger partial charge is 0.494 e. The van der Waals surface area contributed by atoms with E-state index < -0.39 is 24.7 Å². The minimum absolute atomic E-state index is 0.0161. The maximum absolute atomic E-state index is 12.1. The summed E-state index contributed by atoms with van der Waals surface area (Å²) in [7, 11) is 0. The lowest BCUT2D eigenvalue weighted by Gasteiger charge is -2.09. The van der Waals surface area contributed by atoms with Crippen molar-refractivity contribution in [3.63, 3.8) is 0 Å². The van der Waals surface area contributed by atoms with E-state index in [2.05, 4.69) is 15.0 Å². The zero-order valence-electron chi connectivity index (χ0n) is 14.5. The van der Waals surface area contributed by atoms with Crippen molar-refractivity contribution in [1.29, 1.82) is 0 Å². The second kappa shape index (κ2) is 9.58. The number of hydrogen-bond acceptors (Lipinski definition) is 5. The lowest BCUT2D eigenvalue weighted by molar-refractivity contribution is -0.154. The number of carbonyl (C=O) groups is 2. The Balaban J connectivity index is 1.84. The number of alkyl halides is 3. The van der Waals surface area contributed by atoms with Crippen molar-refractivity contribution in [3.8, 4) is 11.6 Å². The molecule has 2 aromatic rings. The highest BCUT2D eigenvalue weighted by atomic mass is 19.4. The first-order valence-electron chi connectivity index (χ1n) is 8.14. The molecule has 150 valence electrons. The summed E-state index contributed by atoms with van der Waals surface area (Å²) in [6.07, 6.45) is -2.96. The van der Waals surface area contributed by atoms with Gasteiger partial charge in [-0.3, -0.25) is 9.59 Å². The van der Waals surface area contributed by atoms with E-state index in [1.165, 1.54) is 12.1 Å². The molecule has 1 aromatic heterocycles. The number of pyridine rings is 1. The molecule has 1 amide bonds. The molecule has 0 bridgehead atoms. The predicted octanol–water partition coefficient (Wildman–Crippen LogP) is 3.52. The monoisotopic (exact) mass is 398 g/mol. The molecule has 0 aliphatic heterocycles. The number of anilines is 1. The van der Waals surface area contributed by atoms with Gasteiger partial charge in [-0.05, 0) is 36.8 Å². The summed E-state index contributed by atoms with van der Waals surface area (Å²) in [6, 6.07) is 8.89. The molecular formula is C18H17F3N2O5. The van der Waals surface area contributed by atoms with Crippen LogP contribution in [-0.2, 0) is 4.79 Å². The summed E-state index contributed by atoms with van der Waals surface area (Å²) in [5.74, 6) is -1.10. The minimum Gasteiger partial charge on any atom is -0.494 e. The molecule has 0 aliphatic rings. The first-order valence-corrected chi connectivity index (χ1v) is 8.14. The Labute approximate surface area is 158 Å². The molecule has 2 N–H and O–H groups in total. The van der Waals surface area contributed by atoms with Crippen LogP contribution in [0.15, 0.2) is 42.6 Å². The third-order valence-corrected chi connectivity index (χ3v) is 3.30. The predicted molar refractivity (Wildman–Crippen MR) is 92.5 cm³/mol. The fraction of sp³-hybridized carbons (Fsp3) is 0.278. The molecular weight excluding hydrogens is 381 g/mol. The van der Waals surface area contributed by atoms with Gasteiger partial charge in [-0.25, -0.2) is 4.98 Å². The average Bonchev–Trinajstić information content (AvgIpc) is 2.64. The normalized spacial score (nSPS) is 11.0. The number of ether oxygens (including phenoxy) is 2. The Morgan fingerprint density at radius 2 is 1.79 bits per heavy atom. The maximum atomic E-state index is 12.1. The standard InChI is InChI=1S/C18H17F3N2O5/c19-18(20,21)11-28-15-8-3-12(10-22-15)17(26)23-13-4-6-14(7-5-13)27-9-1-2-16(24)25/h3-8,10H,1-2,9,11H2,(H,23,26)(H,24,25). The van der Waals surface area contributed by atoms with Gasteiger partial charge in [0.2, 0.25) is 5.88 Å². The van der Waals surface area contributed by atoms with E-state index in [1.807, 2.05) is 0 Å². The minimum atomic E-state index is -4.47. The van der Waals surface area contributed by atoms with Crippen molar-refractivity contribution in [3.05, 3.63) is 48.2 Å². The van der Waals surface area contributed by atoms with Crippen LogP contribution in [0.3, 0.4) is 0 Å². The van der Waals surface area contributed by atoms with E-state index in [-0.39, 0.29) is 24.5 Å². The molecule has 0 unspecified atom stereocenters. The third-order valence-electron chi connectivity index (χ3n) is 3.30. The van der Waals surface area contributed by atoms with Crippen molar-refractivity contribution >= 4 is 17.6 Å². The lowest BCUT2D eigenvalue weighted by Crippen LogP contribution is -2.19. The Morgan fingerprint density at radius 3 is 2.36 bits per heavy atom. The Bertz CT molecular complexity index is 792.